The Bertz CT molecular complexity index is 348. The molecule has 3 rings (SSSR count). The predicted molar refractivity (Wildman–Crippen MR) is 65.6 cm³/mol. The maximum atomic E-state index is 5.64. The number of ether oxygens (including phenoxy) is 2. The van der Waals surface area contributed by atoms with E-state index >= 15 is 0 Å². The molecule has 3 nitrogen and oxygen atoms in total. The Hall–Kier alpha value is -0.900. The summed E-state index contributed by atoms with van der Waals surface area (Å²) in [6.07, 6.45) is 2.44. The van der Waals surface area contributed by atoms with Crippen molar-refractivity contribution in [3.63, 3.8) is 0 Å². The molecule has 0 spiro atoms. The van der Waals surface area contributed by atoms with E-state index in [1.54, 1.807) is 0 Å². The van der Waals surface area contributed by atoms with Crippen molar-refractivity contribution in [3.05, 3.63) is 35.9 Å². The van der Waals surface area contributed by atoms with Gasteiger partial charge in [-0.1, -0.05) is 30.3 Å². The van der Waals surface area contributed by atoms with E-state index in [0.717, 1.165) is 26.3 Å². The van der Waals surface area contributed by atoms with Gasteiger partial charge in [-0.05, 0) is 24.9 Å². The lowest BCUT2D eigenvalue weighted by Crippen LogP contribution is -2.39. The first-order valence-electron chi connectivity index (χ1n) is 6.45. The average Bonchev–Trinajstić information content (AvgIpc) is 3.00. The number of likely N-dealkylation sites (tertiary alicyclic amines) is 1. The second-order valence-electron chi connectivity index (χ2n) is 4.78. The molecule has 3 heteroatoms. The molecule has 0 saturated carbocycles. The highest BCUT2D eigenvalue weighted by Crippen LogP contribution is 2.26. The van der Waals surface area contributed by atoms with Crippen LogP contribution in [0.25, 0.3) is 0 Å². The number of hydrogen-bond acceptors (Lipinski definition) is 3. The van der Waals surface area contributed by atoms with Crippen molar-refractivity contribution < 1.29 is 9.47 Å². The third kappa shape index (κ3) is 2.51. The first-order valence-corrected chi connectivity index (χ1v) is 6.45. The fraction of sp³-hybridized carbons (Fsp3) is 0.571. The summed E-state index contributed by atoms with van der Waals surface area (Å²) in [4.78, 5) is 2.49. The summed E-state index contributed by atoms with van der Waals surface area (Å²) in [6, 6.07) is 11.1. The highest BCUT2D eigenvalue weighted by Gasteiger charge is 2.34. The van der Waals surface area contributed by atoms with Gasteiger partial charge < -0.3 is 9.47 Å². The van der Waals surface area contributed by atoms with E-state index in [0.29, 0.717) is 6.04 Å². The van der Waals surface area contributed by atoms with Crippen molar-refractivity contribution in [3.8, 4) is 0 Å². The molecule has 2 saturated heterocycles. The second-order valence-corrected chi connectivity index (χ2v) is 4.78. The first-order chi connectivity index (χ1) is 8.43. The monoisotopic (exact) mass is 233 g/mol. The van der Waals surface area contributed by atoms with Gasteiger partial charge >= 0.3 is 0 Å². The van der Waals surface area contributed by atoms with Crippen LogP contribution in [0.4, 0.5) is 0 Å². The molecule has 0 bridgehead atoms. The smallest absolute Gasteiger partial charge is 0.173 e. The van der Waals surface area contributed by atoms with E-state index in [2.05, 4.69) is 35.2 Å². The Labute approximate surface area is 102 Å². The summed E-state index contributed by atoms with van der Waals surface area (Å²) in [5.74, 6) is 0. The molecule has 0 radical (unpaired) electrons. The minimum atomic E-state index is 0.00112. The number of hydrogen-bond donors (Lipinski definition) is 0. The summed E-state index contributed by atoms with van der Waals surface area (Å²) in [5, 5.41) is 0. The van der Waals surface area contributed by atoms with E-state index in [1.807, 2.05) is 0 Å². The van der Waals surface area contributed by atoms with Crippen molar-refractivity contribution >= 4 is 0 Å². The van der Waals surface area contributed by atoms with Crippen LogP contribution < -0.4 is 0 Å². The Morgan fingerprint density at radius 1 is 1.12 bits per heavy atom. The van der Waals surface area contributed by atoms with Gasteiger partial charge in [0.1, 0.15) is 0 Å². The molecule has 0 aromatic heterocycles. The average molecular weight is 233 g/mol. The summed E-state index contributed by atoms with van der Waals surface area (Å²) >= 11 is 0. The molecule has 1 unspecified atom stereocenters. The highest BCUT2D eigenvalue weighted by molar-refractivity contribution is 5.14. The van der Waals surface area contributed by atoms with Gasteiger partial charge in [0.05, 0.1) is 19.3 Å². The first kappa shape index (κ1) is 11.2. The minimum Gasteiger partial charge on any atom is -0.349 e. The SMILES string of the molecule is c1ccc(CN2CCCC2C2OCCO2)cc1. The normalized spacial score (nSPS) is 26.7. The van der Waals surface area contributed by atoms with Gasteiger partial charge in [-0.25, -0.2) is 0 Å². The van der Waals surface area contributed by atoms with E-state index < -0.39 is 0 Å². The standard InChI is InChI=1S/C14H19NO2/c1-2-5-12(6-3-1)11-15-8-4-7-13(15)14-16-9-10-17-14/h1-3,5-6,13-14H,4,7-11H2. The van der Waals surface area contributed by atoms with E-state index in [1.165, 1.54) is 18.4 Å². The lowest BCUT2D eigenvalue weighted by molar-refractivity contribution is -0.0912. The van der Waals surface area contributed by atoms with E-state index in [4.69, 9.17) is 9.47 Å². The minimum absolute atomic E-state index is 0.00112. The number of benzene rings is 1. The lowest BCUT2D eigenvalue weighted by atomic mass is 10.2. The molecular weight excluding hydrogens is 214 g/mol. The fourth-order valence-corrected chi connectivity index (χ4v) is 2.77. The van der Waals surface area contributed by atoms with Crippen LogP contribution in [0.1, 0.15) is 18.4 Å². The van der Waals surface area contributed by atoms with Crippen molar-refractivity contribution in [2.24, 2.45) is 0 Å². The van der Waals surface area contributed by atoms with Crippen LogP contribution >= 0.6 is 0 Å². The van der Waals surface area contributed by atoms with Crippen LogP contribution in [-0.2, 0) is 16.0 Å². The molecule has 2 aliphatic rings. The summed E-state index contributed by atoms with van der Waals surface area (Å²) in [5.41, 5.74) is 1.37. The molecule has 2 heterocycles. The zero-order chi connectivity index (χ0) is 11.5. The second kappa shape index (κ2) is 5.17. The van der Waals surface area contributed by atoms with Crippen molar-refractivity contribution in [2.75, 3.05) is 19.8 Å². The molecule has 1 aromatic carbocycles. The van der Waals surface area contributed by atoms with Gasteiger partial charge in [0.2, 0.25) is 0 Å². The molecule has 2 fully saturated rings. The Morgan fingerprint density at radius 3 is 2.65 bits per heavy atom. The van der Waals surface area contributed by atoms with Crippen molar-refractivity contribution in [1.82, 2.24) is 4.90 Å². The van der Waals surface area contributed by atoms with Gasteiger partial charge in [0.25, 0.3) is 0 Å². The quantitative estimate of drug-likeness (QED) is 0.797. The summed E-state index contributed by atoms with van der Waals surface area (Å²) < 4.78 is 11.3. The van der Waals surface area contributed by atoms with Gasteiger partial charge in [0, 0.05) is 6.54 Å². The summed E-state index contributed by atoms with van der Waals surface area (Å²) in [7, 11) is 0. The Morgan fingerprint density at radius 2 is 1.88 bits per heavy atom. The summed E-state index contributed by atoms with van der Waals surface area (Å²) in [6.45, 7) is 3.66. The molecule has 1 atom stereocenters. The van der Waals surface area contributed by atoms with Crippen molar-refractivity contribution in [1.29, 1.82) is 0 Å². The van der Waals surface area contributed by atoms with E-state index in [9.17, 15) is 0 Å². The number of nitrogens with zero attached hydrogens (tertiary/aromatic N) is 1. The van der Waals surface area contributed by atoms with Crippen LogP contribution in [0.15, 0.2) is 30.3 Å². The maximum Gasteiger partial charge on any atom is 0.173 e. The molecule has 2 aliphatic heterocycles. The van der Waals surface area contributed by atoms with Gasteiger partial charge in [-0.2, -0.15) is 0 Å². The van der Waals surface area contributed by atoms with Crippen LogP contribution in [-0.4, -0.2) is 37.0 Å². The highest BCUT2D eigenvalue weighted by atomic mass is 16.7. The molecule has 0 aliphatic carbocycles. The molecule has 0 amide bonds. The Kier molecular flexibility index (Phi) is 3.41. The fourth-order valence-electron chi connectivity index (χ4n) is 2.77. The topological polar surface area (TPSA) is 21.7 Å². The van der Waals surface area contributed by atoms with Gasteiger partial charge in [-0.3, -0.25) is 4.90 Å². The zero-order valence-corrected chi connectivity index (χ0v) is 10.0. The third-order valence-corrected chi connectivity index (χ3v) is 3.60. The molecule has 0 N–H and O–H groups in total. The predicted octanol–water partition coefficient (Wildman–Crippen LogP) is 2.02. The van der Waals surface area contributed by atoms with E-state index in [-0.39, 0.29) is 6.29 Å². The van der Waals surface area contributed by atoms with Crippen molar-refractivity contribution in [2.45, 2.75) is 31.7 Å². The molecule has 92 valence electrons. The van der Waals surface area contributed by atoms with Crippen LogP contribution in [0, 0.1) is 0 Å². The van der Waals surface area contributed by atoms with Crippen LogP contribution in [0.3, 0.4) is 0 Å². The molecular formula is C14H19NO2. The molecule has 1 aromatic rings. The maximum absolute atomic E-state index is 5.64. The molecule has 17 heavy (non-hydrogen) atoms. The van der Waals surface area contributed by atoms with Gasteiger partial charge in [-0.15, -0.1) is 0 Å². The lowest BCUT2D eigenvalue weighted by Gasteiger charge is -2.27. The third-order valence-electron chi connectivity index (χ3n) is 3.60. The largest absolute Gasteiger partial charge is 0.349 e. The van der Waals surface area contributed by atoms with Crippen LogP contribution in [0.5, 0.6) is 0 Å². The Balaban J connectivity index is 1.65. The van der Waals surface area contributed by atoms with Gasteiger partial charge in [0.15, 0.2) is 6.29 Å². The van der Waals surface area contributed by atoms with Crippen LogP contribution in [0.2, 0.25) is 0 Å². The number of rotatable bonds is 3. The zero-order valence-electron chi connectivity index (χ0n) is 10.0.